The first kappa shape index (κ1) is 14.9. The quantitative estimate of drug-likeness (QED) is 0.874. The lowest BCUT2D eigenvalue weighted by molar-refractivity contribution is 0.0240. The van der Waals surface area contributed by atoms with Gasteiger partial charge in [0.15, 0.2) is 0 Å². The van der Waals surface area contributed by atoms with Gasteiger partial charge in [0.05, 0.1) is 13.1 Å². The molecule has 0 aliphatic carbocycles. The lowest BCUT2D eigenvalue weighted by Gasteiger charge is -2.24. The third-order valence-corrected chi connectivity index (χ3v) is 3.47. The number of amides is 1. The predicted octanol–water partition coefficient (Wildman–Crippen LogP) is 2.85. The van der Waals surface area contributed by atoms with E-state index in [0.29, 0.717) is 25.6 Å². The zero-order valence-electron chi connectivity index (χ0n) is 13.0. The molecule has 5 heteroatoms. The van der Waals surface area contributed by atoms with Crippen molar-refractivity contribution >= 4 is 6.09 Å². The molecule has 0 bridgehead atoms. The van der Waals surface area contributed by atoms with Crippen LogP contribution in [0.3, 0.4) is 0 Å². The Labute approximate surface area is 120 Å². The molecule has 0 saturated heterocycles. The highest BCUT2D eigenvalue weighted by Gasteiger charge is 2.31. The molecule has 0 radical (unpaired) electrons. The molecule has 0 fully saturated rings. The van der Waals surface area contributed by atoms with Crippen molar-refractivity contribution in [3.8, 4) is 0 Å². The van der Waals surface area contributed by atoms with E-state index in [-0.39, 0.29) is 6.09 Å². The first-order valence-corrected chi connectivity index (χ1v) is 7.13. The number of aromatic amines is 1. The molecule has 0 saturated carbocycles. The summed E-state index contributed by atoms with van der Waals surface area (Å²) in [7, 11) is 0. The van der Waals surface area contributed by atoms with Gasteiger partial charge in [0.1, 0.15) is 5.60 Å². The molecule has 5 nitrogen and oxygen atoms in total. The monoisotopic (exact) mass is 279 g/mol. The van der Waals surface area contributed by atoms with Crippen molar-refractivity contribution in [2.24, 2.45) is 5.73 Å². The van der Waals surface area contributed by atoms with Crippen molar-refractivity contribution < 1.29 is 9.53 Å². The van der Waals surface area contributed by atoms with Crippen LogP contribution in [0.15, 0.2) is 0 Å². The standard InChI is InChI=1S/C15H25N3O2/c1-9(2)13-10(6-16)11-7-18(8-12(11)17-13)14(19)20-15(3,4)5/h9,17H,6-8,16H2,1-5H3. The van der Waals surface area contributed by atoms with Crippen molar-refractivity contribution in [1.82, 2.24) is 9.88 Å². The second-order valence-electron chi connectivity index (χ2n) is 6.67. The summed E-state index contributed by atoms with van der Waals surface area (Å²) in [5.74, 6) is 0.411. The zero-order valence-corrected chi connectivity index (χ0v) is 13.0. The zero-order chi connectivity index (χ0) is 15.1. The Morgan fingerprint density at radius 1 is 1.40 bits per heavy atom. The Bertz CT molecular complexity index is 512. The molecule has 1 aliphatic rings. The topological polar surface area (TPSA) is 71.4 Å². The third-order valence-electron chi connectivity index (χ3n) is 3.47. The largest absolute Gasteiger partial charge is 0.444 e. The van der Waals surface area contributed by atoms with E-state index >= 15 is 0 Å². The Morgan fingerprint density at radius 2 is 2.05 bits per heavy atom. The highest BCUT2D eigenvalue weighted by atomic mass is 16.6. The number of fused-ring (bicyclic) bond motifs is 1. The van der Waals surface area contributed by atoms with Gasteiger partial charge in [0.2, 0.25) is 0 Å². The van der Waals surface area contributed by atoms with Gasteiger partial charge in [-0.05, 0) is 37.8 Å². The summed E-state index contributed by atoms with van der Waals surface area (Å²) < 4.78 is 5.42. The predicted molar refractivity (Wildman–Crippen MR) is 78.3 cm³/mol. The number of aromatic nitrogens is 1. The van der Waals surface area contributed by atoms with Crippen LogP contribution in [0.2, 0.25) is 0 Å². The number of rotatable bonds is 2. The average Bonchev–Trinajstić information content (AvgIpc) is 2.82. The highest BCUT2D eigenvalue weighted by Crippen LogP contribution is 2.32. The van der Waals surface area contributed by atoms with Crippen LogP contribution in [0.4, 0.5) is 4.79 Å². The summed E-state index contributed by atoms with van der Waals surface area (Å²) in [5.41, 5.74) is 10.0. The Morgan fingerprint density at radius 3 is 2.55 bits per heavy atom. The fourth-order valence-electron chi connectivity index (χ4n) is 2.60. The summed E-state index contributed by atoms with van der Waals surface area (Å²) in [6.07, 6.45) is -0.267. The van der Waals surface area contributed by atoms with Gasteiger partial charge >= 0.3 is 6.09 Å². The SMILES string of the molecule is CC(C)c1[nH]c2c(c1CN)CN(C(=O)OC(C)(C)C)C2. The van der Waals surface area contributed by atoms with E-state index < -0.39 is 5.60 Å². The van der Waals surface area contributed by atoms with Crippen LogP contribution in [0.25, 0.3) is 0 Å². The van der Waals surface area contributed by atoms with Gasteiger partial charge in [-0.2, -0.15) is 0 Å². The minimum absolute atomic E-state index is 0.267. The number of nitrogens with zero attached hydrogens (tertiary/aromatic N) is 1. The van der Waals surface area contributed by atoms with Gasteiger partial charge in [0, 0.05) is 17.9 Å². The first-order valence-electron chi connectivity index (χ1n) is 7.13. The second-order valence-corrected chi connectivity index (χ2v) is 6.67. The Hall–Kier alpha value is -1.49. The molecule has 112 valence electrons. The van der Waals surface area contributed by atoms with Crippen LogP contribution < -0.4 is 5.73 Å². The van der Waals surface area contributed by atoms with E-state index in [1.165, 1.54) is 11.3 Å². The Balaban J connectivity index is 2.16. The maximum absolute atomic E-state index is 12.1. The lowest BCUT2D eigenvalue weighted by Crippen LogP contribution is -2.33. The molecule has 1 aliphatic heterocycles. The Kier molecular flexibility index (Phi) is 3.82. The number of hydrogen-bond acceptors (Lipinski definition) is 3. The summed E-state index contributed by atoms with van der Waals surface area (Å²) in [6, 6.07) is 0. The maximum atomic E-state index is 12.1. The minimum Gasteiger partial charge on any atom is -0.444 e. The van der Waals surface area contributed by atoms with E-state index in [4.69, 9.17) is 10.5 Å². The molecular formula is C15H25N3O2. The number of ether oxygens (including phenoxy) is 1. The normalized spacial score (nSPS) is 14.8. The van der Waals surface area contributed by atoms with Crippen LogP contribution in [0.1, 0.15) is 63.1 Å². The van der Waals surface area contributed by atoms with Crippen molar-refractivity contribution in [3.63, 3.8) is 0 Å². The van der Waals surface area contributed by atoms with Gasteiger partial charge in [-0.1, -0.05) is 13.8 Å². The van der Waals surface area contributed by atoms with E-state index in [9.17, 15) is 4.79 Å². The van der Waals surface area contributed by atoms with E-state index in [2.05, 4.69) is 18.8 Å². The van der Waals surface area contributed by atoms with Gasteiger partial charge < -0.3 is 15.5 Å². The highest BCUT2D eigenvalue weighted by molar-refractivity contribution is 5.69. The average molecular weight is 279 g/mol. The smallest absolute Gasteiger partial charge is 0.410 e. The molecule has 2 heterocycles. The summed E-state index contributed by atoms with van der Waals surface area (Å²) in [4.78, 5) is 17.3. The number of carbonyl (C=O) groups excluding carboxylic acids is 1. The van der Waals surface area contributed by atoms with Crippen molar-refractivity contribution in [2.75, 3.05) is 0 Å². The number of carbonyl (C=O) groups is 1. The first-order chi connectivity index (χ1) is 9.23. The number of nitrogens with two attached hydrogens (primary N) is 1. The summed E-state index contributed by atoms with van der Waals surface area (Å²) in [6.45, 7) is 11.6. The summed E-state index contributed by atoms with van der Waals surface area (Å²) >= 11 is 0. The molecule has 0 atom stereocenters. The van der Waals surface area contributed by atoms with Gasteiger partial charge in [-0.15, -0.1) is 0 Å². The van der Waals surface area contributed by atoms with Crippen LogP contribution >= 0.6 is 0 Å². The fraction of sp³-hybridized carbons (Fsp3) is 0.667. The molecule has 0 unspecified atom stereocenters. The van der Waals surface area contributed by atoms with Crippen LogP contribution in [0, 0.1) is 0 Å². The van der Waals surface area contributed by atoms with Crippen LogP contribution in [-0.2, 0) is 24.4 Å². The number of nitrogens with one attached hydrogen (secondary N) is 1. The molecule has 1 aromatic rings. The molecule has 0 spiro atoms. The minimum atomic E-state index is -0.465. The molecular weight excluding hydrogens is 254 g/mol. The molecule has 1 amide bonds. The molecule has 1 aromatic heterocycles. The summed E-state index contributed by atoms with van der Waals surface area (Å²) in [5, 5.41) is 0. The molecule has 20 heavy (non-hydrogen) atoms. The maximum Gasteiger partial charge on any atom is 0.410 e. The van der Waals surface area contributed by atoms with Gasteiger partial charge in [-0.3, -0.25) is 4.90 Å². The second kappa shape index (κ2) is 5.13. The van der Waals surface area contributed by atoms with Gasteiger partial charge in [-0.25, -0.2) is 4.79 Å². The van der Waals surface area contributed by atoms with Crippen molar-refractivity contribution in [3.05, 3.63) is 22.5 Å². The fourth-order valence-corrected chi connectivity index (χ4v) is 2.60. The number of H-pyrrole nitrogens is 1. The molecule has 2 rings (SSSR count). The lowest BCUT2D eigenvalue weighted by atomic mass is 10.0. The van der Waals surface area contributed by atoms with Crippen LogP contribution in [0.5, 0.6) is 0 Å². The molecule has 0 aromatic carbocycles. The van der Waals surface area contributed by atoms with Crippen LogP contribution in [-0.4, -0.2) is 21.6 Å². The number of hydrogen-bond donors (Lipinski definition) is 2. The van der Waals surface area contributed by atoms with E-state index in [0.717, 1.165) is 11.3 Å². The van der Waals surface area contributed by atoms with Crippen molar-refractivity contribution in [2.45, 2.75) is 65.8 Å². The third kappa shape index (κ3) is 2.82. The molecule has 3 N–H and O–H groups in total. The van der Waals surface area contributed by atoms with E-state index in [1.807, 2.05) is 20.8 Å². The van der Waals surface area contributed by atoms with Crippen molar-refractivity contribution in [1.29, 1.82) is 0 Å². The van der Waals surface area contributed by atoms with Gasteiger partial charge in [0.25, 0.3) is 0 Å². The van der Waals surface area contributed by atoms with E-state index in [1.54, 1.807) is 4.90 Å².